The fraction of sp³-hybridized carbons (Fsp3) is 0.714. The zero-order valence-corrected chi connectivity index (χ0v) is 13.1. The lowest BCUT2D eigenvalue weighted by molar-refractivity contribution is -0.736. The average molecular weight is 269 g/mol. The molecular weight excluding hydrogens is 244 g/mol. The molecule has 0 bridgehead atoms. The van der Waals surface area contributed by atoms with E-state index >= 15 is 0 Å². The molecule has 1 heterocycles. The van der Waals surface area contributed by atoms with Gasteiger partial charge in [0.05, 0.1) is 18.8 Å². The molecule has 0 atom stereocenters. The lowest BCUT2D eigenvalue weighted by Gasteiger charge is -2.01. The number of aromatic nitrogens is 2. The first-order valence-electron chi connectivity index (χ1n) is 6.86. The molecule has 0 saturated carbocycles. The van der Waals surface area contributed by atoms with E-state index in [1.807, 2.05) is 0 Å². The Bertz CT molecular complexity index is 394. The summed E-state index contributed by atoms with van der Waals surface area (Å²) in [5.74, 6) is 0.804. The largest absolute Gasteiger partial charge is 0.318 e. The second-order valence-electron chi connectivity index (χ2n) is 4.36. The van der Waals surface area contributed by atoms with Crippen LogP contribution in [0.2, 0.25) is 0 Å². The molecule has 0 aromatic carbocycles. The standard InChI is InChI=1S/C14H25N2OS/c1-6-12-13(7-2)16(9-4)14(15(12)8-3)18-10-11(5)17/h6-10H2,1-5H3/q+1. The van der Waals surface area contributed by atoms with E-state index in [9.17, 15) is 4.79 Å². The predicted octanol–water partition coefficient (Wildman–Crippen LogP) is 2.62. The number of rotatable bonds is 7. The Kier molecular flexibility index (Phi) is 5.93. The highest BCUT2D eigenvalue weighted by Crippen LogP contribution is 2.21. The number of carbonyl (C=O) groups is 1. The fourth-order valence-electron chi connectivity index (χ4n) is 2.45. The minimum absolute atomic E-state index is 0.239. The molecule has 1 aromatic heterocycles. The predicted molar refractivity (Wildman–Crippen MR) is 76.1 cm³/mol. The van der Waals surface area contributed by atoms with Crippen LogP contribution in [-0.2, 0) is 30.7 Å². The summed E-state index contributed by atoms with van der Waals surface area (Å²) in [5.41, 5.74) is 2.85. The molecule has 0 N–H and O–H groups in total. The minimum Gasteiger partial charge on any atom is -0.299 e. The van der Waals surface area contributed by atoms with Gasteiger partial charge in [-0.05, 0) is 32.5 Å². The van der Waals surface area contributed by atoms with E-state index in [0.29, 0.717) is 5.75 Å². The second-order valence-corrected chi connectivity index (χ2v) is 5.30. The second kappa shape index (κ2) is 6.98. The van der Waals surface area contributed by atoms with Crippen molar-refractivity contribution in [2.75, 3.05) is 5.75 Å². The summed E-state index contributed by atoms with van der Waals surface area (Å²) in [6.07, 6.45) is 2.11. The summed E-state index contributed by atoms with van der Waals surface area (Å²) in [5, 5.41) is 1.24. The van der Waals surface area contributed by atoms with Crippen molar-refractivity contribution in [3.05, 3.63) is 11.4 Å². The number of hydrogen-bond acceptors (Lipinski definition) is 2. The van der Waals surface area contributed by atoms with Gasteiger partial charge >= 0.3 is 5.16 Å². The number of Topliss-reactive ketones (excluding diaryl/α,β-unsaturated/α-hetero) is 1. The highest BCUT2D eigenvalue weighted by atomic mass is 32.2. The van der Waals surface area contributed by atoms with Crippen molar-refractivity contribution >= 4 is 17.5 Å². The number of nitrogens with zero attached hydrogens (tertiary/aromatic N) is 2. The molecule has 0 spiro atoms. The molecule has 0 radical (unpaired) electrons. The summed E-state index contributed by atoms with van der Waals surface area (Å²) in [6.45, 7) is 12.4. The van der Waals surface area contributed by atoms with Crippen LogP contribution in [0.3, 0.4) is 0 Å². The first-order valence-corrected chi connectivity index (χ1v) is 7.85. The van der Waals surface area contributed by atoms with Crippen LogP contribution in [0.15, 0.2) is 5.16 Å². The van der Waals surface area contributed by atoms with Crippen molar-refractivity contribution in [2.24, 2.45) is 0 Å². The van der Waals surface area contributed by atoms with Crippen molar-refractivity contribution < 1.29 is 9.36 Å². The van der Waals surface area contributed by atoms with Crippen LogP contribution >= 0.6 is 11.8 Å². The molecule has 0 aliphatic carbocycles. The number of imidazole rings is 1. The van der Waals surface area contributed by atoms with Gasteiger partial charge in [0.1, 0.15) is 17.2 Å². The minimum atomic E-state index is 0.239. The molecule has 102 valence electrons. The van der Waals surface area contributed by atoms with Gasteiger partial charge in [0.2, 0.25) is 0 Å². The first kappa shape index (κ1) is 15.3. The maximum Gasteiger partial charge on any atom is 0.318 e. The van der Waals surface area contributed by atoms with E-state index in [2.05, 4.69) is 36.8 Å². The van der Waals surface area contributed by atoms with Gasteiger partial charge in [0, 0.05) is 12.8 Å². The Morgan fingerprint density at radius 2 is 1.89 bits per heavy atom. The topological polar surface area (TPSA) is 25.9 Å². The van der Waals surface area contributed by atoms with E-state index in [4.69, 9.17) is 0 Å². The summed E-state index contributed by atoms with van der Waals surface area (Å²) < 4.78 is 4.74. The third-order valence-corrected chi connectivity index (χ3v) is 4.40. The van der Waals surface area contributed by atoms with Gasteiger partial charge in [-0.3, -0.25) is 4.79 Å². The van der Waals surface area contributed by atoms with Crippen LogP contribution in [0, 0.1) is 0 Å². The lowest BCUT2D eigenvalue weighted by Crippen LogP contribution is -2.38. The molecule has 1 aromatic rings. The zero-order valence-electron chi connectivity index (χ0n) is 12.2. The summed E-state index contributed by atoms with van der Waals surface area (Å²) in [7, 11) is 0. The van der Waals surface area contributed by atoms with E-state index < -0.39 is 0 Å². The molecule has 0 unspecified atom stereocenters. The third-order valence-electron chi connectivity index (χ3n) is 3.15. The van der Waals surface area contributed by atoms with Crippen molar-refractivity contribution in [1.82, 2.24) is 4.57 Å². The van der Waals surface area contributed by atoms with Crippen LogP contribution in [0.4, 0.5) is 0 Å². The summed E-state index contributed by atoms with van der Waals surface area (Å²) in [4.78, 5) is 11.2. The van der Waals surface area contributed by atoms with Crippen LogP contribution in [0.1, 0.15) is 46.0 Å². The van der Waals surface area contributed by atoms with Crippen LogP contribution in [0.5, 0.6) is 0 Å². The first-order chi connectivity index (χ1) is 8.60. The Hall–Kier alpha value is -0.770. The molecular formula is C14H25N2OS+. The lowest BCUT2D eigenvalue weighted by atomic mass is 10.2. The highest BCUT2D eigenvalue weighted by molar-refractivity contribution is 7.99. The number of thioether (sulfide) groups is 1. The Morgan fingerprint density at radius 1 is 1.22 bits per heavy atom. The molecule has 18 heavy (non-hydrogen) atoms. The molecule has 0 aliphatic heterocycles. The van der Waals surface area contributed by atoms with Gasteiger partial charge in [-0.25, -0.2) is 9.13 Å². The fourth-order valence-corrected chi connectivity index (χ4v) is 3.57. The van der Waals surface area contributed by atoms with E-state index in [-0.39, 0.29) is 5.78 Å². The van der Waals surface area contributed by atoms with Gasteiger partial charge in [0.15, 0.2) is 0 Å². The Labute approximate surface area is 115 Å². The third kappa shape index (κ3) is 2.97. The zero-order chi connectivity index (χ0) is 13.7. The molecule has 0 fully saturated rings. The maximum atomic E-state index is 11.2. The molecule has 3 nitrogen and oxygen atoms in total. The van der Waals surface area contributed by atoms with Gasteiger partial charge in [-0.15, -0.1) is 0 Å². The van der Waals surface area contributed by atoms with E-state index in [1.54, 1.807) is 18.7 Å². The van der Waals surface area contributed by atoms with Crippen molar-refractivity contribution in [3.8, 4) is 0 Å². The highest BCUT2D eigenvalue weighted by Gasteiger charge is 2.27. The van der Waals surface area contributed by atoms with Gasteiger partial charge in [0.25, 0.3) is 0 Å². The molecule has 0 amide bonds. The average Bonchev–Trinajstić information content (AvgIpc) is 2.67. The SMILES string of the molecule is CCc1c(CC)[n+](CC)c(SCC(C)=O)n1CC. The molecule has 0 aliphatic rings. The quantitative estimate of drug-likeness (QED) is 0.562. The number of carbonyl (C=O) groups excluding carboxylic acids is 1. The summed E-state index contributed by atoms with van der Waals surface area (Å²) >= 11 is 1.67. The van der Waals surface area contributed by atoms with E-state index in [0.717, 1.165) is 25.9 Å². The maximum absolute atomic E-state index is 11.2. The van der Waals surface area contributed by atoms with Crippen molar-refractivity contribution in [3.63, 3.8) is 0 Å². The smallest absolute Gasteiger partial charge is 0.299 e. The number of hydrogen-bond donors (Lipinski definition) is 0. The molecule has 4 heteroatoms. The normalized spacial score (nSPS) is 10.9. The van der Waals surface area contributed by atoms with Gasteiger partial charge in [-0.1, -0.05) is 13.8 Å². The van der Waals surface area contributed by atoms with Gasteiger partial charge < -0.3 is 0 Å². The number of ketones is 1. The van der Waals surface area contributed by atoms with Crippen molar-refractivity contribution in [2.45, 2.75) is 65.7 Å². The molecule has 1 rings (SSSR count). The van der Waals surface area contributed by atoms with Gasteiger partial charge in [-0.2, -0.15) is 0 Å². The monoisotopic (exact) mass is 269 g/mol. The summed E-state index contributed by atoms with van der Waals surface area (Å²) in [6, 6.07) is 0. The molecule has 0 saturated heterocycles. The Morgan fingerprint density at radius 3 is 2.28 bits per heavy atom. The van der Waals surface area contributed by atoms with Crippen LogP contribution < -0.4 is 4.57 Å². The van der Waals surface area contributed by atoms with Crippen LogP contribution in [-0.4, -0.2) is 16.1 Å². The van der Waals surface area contributed by atoms with Crippen LogP contribution in [0.25, 0.3) is 0 Å². The Balaban J connectivity index is 3.27. The van der Waals surface area contributed by atoms with Crippen molar-refractivity contribution in [1.29, 1.82) is 0 Å². The van der Waals surface area contributed by atoms with E-state index in [1.165, 1.54) is 16.5 Å².